The van der Waals surface area contributed by atoms with Crippen molar-refractivity contribution in [2.75, 3.05) is 13.2 Å². The highest BCUT2D eigenvalue weighted by atomic mass is 32.2. The summed E-state index contributed by atoms with van der Waals surface area (Å²) in [6, 6.07) is 13.9. The normalized spacial score (nSPS) is 16.6. The Hall–Kier alpha value is -3.06. The van der Waals surface area contributed by atoms with Crippen LogP contribution in [-0.4, -0.2) is 40.2 Å². The van der Waals surface area contributed by atoms with Crippen LogP contribution in [0.2, 0.25) is 0 Å². The molecule has 1 amide bonds. The third kappa shape index (κ3) is 5.06. The molecule has 2 aromatic rings. The zero-order valence-corrected chi connectivity index (χ0v) is 17.1. The second-order valence-corrected chi connectivity index (χ2v) is 7.33. The first kappa shape index (κ1) is 20.7. The molecular formula is C22H22N2O4S. The predicted molar refractivity (Wildman–Crippen MR) is 116 cm³/mol. The number of aliphatic imine (C=N–C) groups is 1. The van der Waals surface area contributed by atoms with Crippen molar-refractivity contribution in [2.24, 2.45) is 4.99 Å². The summed E-state index contributed by atoms with van der Waals surface area (Å²) in [7, 11) is 0. The van der Waals surface area contributed by atoms with E-state index < -0.39 is 5.97 Å². The van der Waals surface area contributed by atoms with Crippen LogP contribution in [0.1, 0.15) is 36.2 Å². The summed E-state index contributed by atoms with van der Waals surface area (Å²) >= 11 is 1.31. The Balaban J connectivity index is 1.80. The summed E-state index contributed by atoms with van der Waals surface area (Å²) in [6.07, 6.45) is 2.79. The van der Waals surface area contributed by atoms with Gasteiger partial charge in [-0.15, -0.1) is 0 Å². The molecule has 0 spiro atoms. The van der Waals surface area contributed by atoms with Gasteiger partial charge in [0.25, 0.3) is 5.91 Å². The Bertz CT molecular complexity index is 950. The van der Waals surface area contributed by atoms with E-state index in [1.165, 1.54) is 23.9 Å². The Morgan fingerprint density at radius 1 is 1.14 bits per heavy atom. The van der Waals surface area contributed by atoms with E-state index in [0.29, 0.717) is 28.9 Å². The van der Waals surface area contributed by atoms with Crippen molar-refractivity contribution in [3.63, 3.8) is 0 Å². The minimum Gasteiger partial charge on any atom is -0.494 e. The fourth-order valence-corrected chi connectivity index (χ4v) is 3.75. The number of hydrogen-bond acceptors (Lipinski definition) is 5. The molecule has 2 aromatic carbocycles. The number of carboxylic acid groups (broad SMARTS) is 1. The number of carboxylic acids is 1. The Morgan fingerprint density at radius 3 is 2.41 bits per heavy atom. The molecule has 6 nitrogen and oxygen atoms in total. The van der Waals surface area contributed by atoms with Crippen LogP contribution in [0.5, 0.6) is 5.75 Å². The summed E-state index contributed by atoms with van der Waals surface area (Å²) in [6.45, 7) is 5.12. The van der Waals surface area contributed by atoms with E-state index >= 15 is 0 Å². The number of carbonyl (C=O) groups is 2. The fraction of sp³-hybridized carbons (Fsp3) is 0.227. The van der Waals surface area contributed by atoms with E-state index in [4.69, 9.17) is 9.84 Å². The van der Waals surface area contributed by atoms with Gasteiger partial charge in [0.1, 0.15) is 5.75 Å². The molecule has 1 fully saturated rings. The van der Waals surface area contributed by atoms with E-state index in [0.717, 1.165) is 17.7 Å². The minimum absolute atomic E-state index is 0.0929. The summed E-state index contributed by atoms with van der Waals surface area (Å²) in [5.74, 6) is -0.271. The van der Waals surface area contributed by atoms with Crippen LogP contribution in [0.3, 0.4) is 0 Å². The average Bonchev–Trinajstić information content (AvgIpc) is 3.01. The standard InChI is InChI=1S/C22H22N2O4S/c1-3-13-28-18-11-5-15(6-12-18)14-19-20(25)24(4-2)22(29-19)23-17-9-7-16(8-10-17)21(26)27/h5-12,14H,3-4,13H2,1-2H3,(H,26,27)/b19-14-,23-22?. The first-order valence-corrected chi connectivity index (χ1v) is 10.2. The Labute approximate surface area is 173 Å². The molecule has 0 unspecified atom stereocenters. The van der Waals surface area contributed by atoms with Crippen LogP contribution >= 0.6 is 11.8 Å². The van der Waals surface area contributed by atoms with Gasteiger partial charge < -0.3 is 9.84 Å². The summed E-state index contributed by atoms with van der Waals surface area (Å²) in [4.78, 5) is 30.5. The molecule has 0 aliphatic carbocycles. The van der Waals surface area contributed by atoms with Gasteiger partial charge >= 0.3 is 5.97 Å². The number of nitrogens with zero attached hydrogens (tertiary/aromatic N) is 2. The van der Waals surface area contributed by atoms with Crippen molar-refractivity contribution in [3.05, 3.63) is 64.6 Å². The molecule has 150 valence electrons. The maximum Gasteiger partial charge on any atom is 0.335 e. The van der Waals surface area contributed by atoms with Crippen LogP contribution in [0.15, 0.2) is 58.4 Å². The summed E-state index contributed by atoms with van der Waals surface area (Å²) in [5.41, 5.74) is 1.71. The third-order valence-corrected chi connectivity index (χ3v) is 5.20. The highest BCUT2D eigenvalue weighted by Crippen LogP contribution is 2.34. The highest BCUT2D eigenvalue weighted by molar-refractivity contribution is 8.18. The largest absolute Gasteiger partial charge is 0.494 e. The molecule has 0 bridgehead atoms. The van der Waals surface area contributed by atoms with Gasteiger partial charge in [-0.2, -0.15) is 0 Å². The number of amides is 1. The topological polar surface area (TPSA) is 79.2 Å². The van der Waals surface area contributed by atoms with Crippen LogP contribution in [0.25, 0.3) is 6.08 Å². The second-order valence-electron chi connectivity index (χ2n) is 6.32. The molecule has 1 heterocycles. The van der Waals surface area contributed by atoms with Gasteiger partial charge in [0.2, 0.25) is 0 Å². The van der Waals surface area contributed by atoms with Crippen LogP contribution < -0.4 is 4.74 Å². The third-order valence-electron chi connectivity index (χ3n) is 4.19. The Morgan fingerprint density at radius 2 is 1.83 bits per heavy atom. The molecule has 29 heavy (non-hydrogen) atoms. The highest BCUT2D eigenvalue weighted by Gasteiger charge is 2.32. The number of hydrogen-bond donors (Lipinski definition) is 1. The quantitative estimate of drug-likeness (QED) is 0.664. The van der Waals surface area contributed by atoms with Crippen molar-refractivity contribution in [3.8, 4) is 5.75 Å². The van der Waals surface area contributed by atoms with E-state index in [9.17, 15) is 9.59 Å². The molecule has 3 rings (SSSR count). The number of amidine groups is 1. The number of aromatic carboxylic acids is 1. The lowest BCUT2D eigenvalue weighted by atomic mass is 10.2. The number of benzene rings is 2. The molecule has 1 saturated heterocycles. The average molecular weight is 410 g/mol. The molecule has 1 aliphatic rings. The lowest BCUT2D eigenvalue weighted by Gasteiger charge is -2.12. The minimum atomic E-state index is -0.985. The monoisotopic (exact) mass is 410 g/mol. The smallest absolute Gasteiger partial charge is 0.335 e. The Kier molecular flexibility index (Phi) is 6.72. The van der Waals surface area contributed by atoms with E-state index in [-0.39, 0.29) is 11.5 Å². The molecule has 7 heteroatoms. The van der Waals surface area contributed by atoms with Gasteiger partial charge in [0.15, 0.2) is 5.17 Å². The molecular weight excluding hydrogens is 388 g/mol. The van der Waals surface area contributed by atoms with E-state index in [2.05, 4.69) is 11.9 Å². The fourth-order valence-electron chi connectivity index (χ4n) is 2.69. The predicted octanol–water partition coefficient (Wildman–Crippen LogP) is 4.80. The van der Waals surface area contributed by atoms with Gasteiger partial charge in [-0.05, 0) is 73.1 Å². The maximum absolute atomic E-state index is 12.7. The maximum atomic E-state index is 12.7. The molecule has 0 aromatic heterocycles. The lowest BCUT2D eigenvalue weighted by molar-refractivity contribution is -0.122. The van der Waals surface area contributed by atoms with Gasteiger partial charge in [-0.25, -0.2) is 9.79 Å². The van der Waals surface area contributed by atoms with Gasteiger partial charge in [-0.3, -0.25) is 9.69 Å². The van der Waals surface area contributed by atoms with Crippen LogP contribution in [-0.2, 0) is 4.79 Å². The van der Waals surface area contributed by atoms with Gasteiger partial charge in [0.05, 0.1) is 22.8 Å². The number of carbonyl (C=O) groups excluding carboxylic acids is 1. The summed E-state index contributed by atoms with van der Waals surface area (Å²) in [5, 5.41) is 9.58. The van der Waals surface area contributed by atoms with E-state index in [1.54, 1.807) is 17.0 Å². The van der Waals surface area contributed by atoms with Crippen molar-refractivity contribution in [2.45, 2.75) is 20.3 Å². The summed E-state index contributed by atoms with van der Waals surface area (Å²) < 4.78 is 5.59. The van der Waals surface area contributed by atoms with Crippen molar-refractivity contribution < 1.29 is 19.4 Å². The van der Waals surface area contributed by atoms with Crippen molar-refractivity contribution in [1.82, 2.24) is 4.90 Å². The number of thioether (sulfide) groups is 1. The molecule has 1 N–H and O–H groups in total. The molecule has 0 atom stereocenters. The zero-order valence-electron chi connectivity index (χ0n) is 16.3. The molecule has 0 radical (unpaired) electrons. The number of likely N-dealkylation sites (N-methyl/N-ethyl adjacent to an activating group) is 1. The van der Waals surface area contributed by atoms with Crippen molar-refractivity contribution in [1.29, 1.82) is 0 Å². The van der Waals surface area contributed by atoms with E-state index in [1.807, 2.05) is 37.3 Å². The van der Waals surface area contributed by atoms with Crippen molar-refractivity contribution >= 4 is 40.6 Å². The van der Waals surface area contributed by atoms with Crippen LogP contribution in [0.4, 0.5) is 5.69 Å². The zero-order chi connectivity index (χ0) is 20.8. The van der Waals surface area contributed by atoms with Gasteiger partial charge in [-0.1, -0.05) is 19.1 Å². The number of ether oxygens (including phenoxy) is 1. The van der Waals surface area contributed by atoms with Gasteiger partial charge in [0, 0.05) is 6.54 Å². The number of rotatable bonds is 7. The SMILES string of the molecule is CCCOc1ccc(/C=C2\SC(=Nc3ccc(C(=O)O)cc3)N(CC)C2=O)cc1. The molecule has 1 aliphatic heterocycles. The molecule has 0 saturated carbocycles. The second kappa shape index (κ2) is 9.43. The first-order valence-electron chi connectivity index (χ1n) is 9.38. The lowest BCUT2D eigenvalue weighted by Crippen LogP contribution is -2.28. The van der Waals surface area contributed by atoms with Crippen LogP contribution in [0, 0.1) is 0 Å². The first-order chi connectivity index (χ1) is 14.0.